The number of rotatable bonds is 1. The average molecular weight is 229 g/mol. The lowest BCUT2D eigenvalue weighted by molar-refractivity contribution is 0.421. The molecule has 6 nitrogen and oxygen atoms in total. The van der Waals surface area contributed by atoms with E-state index in [1.807, 2.05) is 20.0 Å². The summed E-state index contributed by atoms with van der Waals surface area (Å²) in [5.41, 5.74) is 9.17. The largest absolute Gasteiger partial charge is 0.383 e. The second-order valence-electron chi connectivity index (χ2n) is 3.97. The van der Waals surface area contributed by atoms with Crippen LogP contribution < -0.4 is 5.73 Å². The molecule has 0 fully saturated rings. The molecule has 0 aliphatic rings. The minimum absolute atomic E-state index is 0.450. The third-order valence-corrected chi connectivity index (χ3v) is 2.72. The quantitative estimate of drug-likeness (QED) is 0.663. The third kappa shape index (κ3) is 1.37. The van der Waals surface area contributed by atoms with Crippen molar-refractivity contribution in [1.29, 1.82) is 0 Å². The third-order valence-electron chi connectivity index (χ3n) is 2.72. The Morgan fingerprint density at radius 2 is 2.06 bits per heavy atom. The van der Waals surface area contributed by atoms with E-state index in [0.29, 0.717) is 23.0 Å². The number of hydrogen-bond acceptors (Lipinski definition) is 5. The molecule has 3 aromatic heterocycles. The minimum atomic E-state index is 0.450. The van der Waals surface area contributed by atoms with E-state index in [1.165, 1.54) is 0 Å². The molecule has 3 N–H and O–H groups in total. The first kappa shape index (κ1) is 9.83. The highest BCUT2D eigenvalue weighted by molar-refractivity contribution is 5.90. The maximum atomic E-state index is 5.93. The summed E-state index contributed by atoms with van der Waals surface area (Å²) in [6, 6.07) is 0. The molecule has 17 heavy (non-hydrogen) atoms. The van der Waals surface area contributed by atoms with Gasteiger partial charge in [0.25, 0.3) is 0 Å². The summed E-state index contributed by atoms with van der Waals surface area (Å²) in [6.07, 6.45) is 3.41. The zero-order valence-corrected chi connectivity index (χ0v) is 9.48. The van der Waals surface area contributed by atoms with Gasteiger partial charge in [0.2, 0.25) is 0 Å². The average Bonchev–Trinajstić information content (AvgIpc) is 2.85. The van der Waals surface area contributed by atoms with Gasteiger partial charge in [-0.05, 0) is 19.4 Å². The van der Waals surface area contributed by atoms with Gasteiger partial charge in [0.1, 0.15) is 17.7 Å². The number of fused-ring (bicyclic) bond motifs is 1. The summed E-state index contributed by atoms with van der Waals surface area (Å²) in [7, 11) is 0. The number of nitrogens with zero attached hydrogens (tertiary/aromatic N) is 3. The van der Waals surface area contributed by atoms with Gasteiger partial charge >= 0.3 is 0 Å². The Balaban J connectivity index is 2.30. The van der Waals surface area contributed by atoms with Gasteiger partial charge in [-0.15, -0.1) is 0 Å². The van der Waals surface area contributed by atoms with E-state index in [2.05, 4.69) is 20.1 Å². The fraction of sp³-hybridized carbons (Fsp3) is 0.182. The Morgan fingerprint density at radius 3 is 2.76 bits per heavy atom. The number of nitrogens with one attached hydrogen (secondary N) is 1. The standard InChI is InChI=1S/C11H11N5O/c1-5-3-13-10-7(5)9(12)14-11(15-10)8-6(2)4-17-16-8/h3-4H,1-2H3,(H3,12,13,14,15). The number of H-pyrrole nitrogens is 1. The van der Waals surface area contributed by atoms with E-state index in [-0.39, 0.29) is 0 Å². The first-order valence-corrected chi connectivity index (χ1v) is 5.19. The molecular weight excluding hydrogens is 218 g/mol. The van der Waals surface area contributed by atoms with Gasteiger partial charge in [-0.25, -0.2) is 9.97 Å². The van der Waals surface area contributed by atoms with Gasteiger partial charge in [0.05, 0.1) is 5.39 Å². The van der Waals surface area contributed by atoms with Gasteiger partial charge in [-0.3, -0.25) is 0 Å². The first-order valence-electron chi connectivity index (χ1n) is 5.19. The fourth-order valence-electron chi connectivity index (χ4n) is 1.83. The predicted octanol–water partition coefficient (Wildman–Crippen LogP) is 1.81. The maximum absolute atomic E-state index is 5.93. The van der Waals surface area contributed by atoms with Crippen molar-refractivity contribution in [3.63, 3.8) is 0 Å². The Hall–Kier alpha value is -2.37. The SMILES string of the molecule is Cc1conc1-c1nc(N)c2c(C)c[nH]c2n1. The van der Waals surface area contributed by atoms with Crippen LogP contribution in [0.3, 0.4) is 0 Å². The molecule has 0 aliphatic heterocycles. The number of aryl methyl sites for hydroxylation is 2. The van der Waals surface area contributed by atoms with E-state index in [4.69, 9.17) is 10.3 Å². The van der Waals surface area contributed by atoms with Crippen LogP contribution in [0, 0.1) is 13.8 Å². The zero-order valence-electron chi connectivity index (χ0n) is 9.48. The maximum Gasteiger partial charge on any atom is 0.186 e. The van der Waals surface area contributed by atoms with Crippen molar-refractivity contribution in [3.8, 4) is 11.5 Å². The van der Waals surface area contributed by atoms with Crippen molar-refractivity contribution in [2.75, 3.05) is 5.73 Å². The van der Waals surface area contributed by atoms with Crippen LogP contribution >= 0.6 is 0 Å². The Morgan fingerprint density at radius 1 is 1.24 bits per heavy atom. The second-order valence-corrected chi connectivity index (χ2v) is 3.97. The van der Waals surface area contributed by atoms with Crippen LogP contribution in [0.15, 0.2) is 17.0 Å². The van der Waals surface area contributed by atoms with Crippen molar-refractivity contribution in [3.05, 3.63) is 23.6 Å². The van der Waals surface area contributed by atoms with Gasteiger partial charge in [0, 0.05) is 11.8 Å². The Kier molecular flexibility index (Phi) is 1.91. The van der Waals surface area contributed by atoms with Gasteiger partial charge in [0.15, 0.2) is 11.5 Å². The molecule has 0 amide bonds. The molecule has 0 aliphatic carbocycles. The first-order chi connectivity index (χ1) is 8.16. The molecule has 86 valence electrons. The molecule has 3 aromatic rings. The van der Waals surface area contributed by atoms with E-state index >= 15 is 0 Å². The highest BCUT2D eigenvalue weighted by Crippen LogP contribution is 2.25. The summed E-state index contributed by atoms with van der Waals surface area (Å²) in [5.74, 6) is 0.925. The van der Waals surface area contributed by atoms with E-state index in [9.17, 15) is 0 Å². The number of nitrogens with two attached hydrogens (primary N) is 1. The summed E-state index contributed by atoms with van der Waals surface area (Å²) in [5, 5.41) is 4.73. The molecule has 3 heterocycles. The van der Waals surface area contributed by atoms with Crippen LogP contribution in [0.4, 0.5) is 5.82 Å². The summed E-state index contributed by atoms with van der Waals surface area (Å²) in [4.78, 5) is 11.7. The van der Waals surface area contributed by atoms with Crippen molar-refractivity contribution < 1.29 is 4.52 Å². The topological polar surface area (TPSA) is 93.6 Å². The molecule has 0 unspecified atom stereocenters. The lowest BCUT2D eigenvalue weighted by Gasteiger charge is -2.00. The summed E-state index contributed by atoms with van der Waals surface area (Å²) in [6.45, 7) is 3.84. The van der Waals surface area contributed by atoms with Crippen LogP contribution in [-0.4, -0.2) is 20.1 Å². The Labute approximate surface area is 96.9 Å². The fourth-order valence-corrected chi connectivity index (χ4v) is 1.83. The second kappa shape index (κ2) is 3.31. The van der Waals surface area contributed by atoms with Gasteiger partial charge < -0.3 is 15.2 Å². The van der Waals surface area contributed by atoms with Crippen molar-refractivity contribution in [1.82, 2.24) is 20.1 Å². The molecule has 0 spiro atoms. The molecule has 0 radical (unpaired) electrons. The molecule has 0 saturated heterocycles. The van der Waals surface area contributed by atoms with Gasteiger partial charge in [-0.1, -0.05) is 5.16 Å². The highest BCUT2D eigenvalue weighted by atomic mass is 16.5. The van der Waals surface area contributed by atoms with E-state index in [0.717, 1.165) is 16.5 Å². The lowest BCUT2D eigenvalue weighted by Crippen LogP contribution is -1.98. The molecule has 0 saturated carbocycles. The van der Waals surface area contributed by atoms with Crippen molar-refractivity contribution >= 4 is 16.9 Å². The van der Waals surface area contributed by atoms with E-state index < -0.39 is 0 Å². The van der Waals surface area contributed by atoms with Crippen LogP contribution in [-0.2, 0) is 0 Å². The Bertz CT molecular complexity index is 697. The van der Waals surface area contributed by atoms with Crippen molar-refractivity contribution in [2.24, 2.45) is 0 Å². The van der Waals surface area contributed by atoms with E-state index in [1.54, 1.807) is 6.26 Å². The van der Waals surface area contributed by atoms with Crippen LogP contribution in [0.2, 0.25) is 0 Å². The molecule has 0 bridgehead atoms. The van der Waals surface area contributed by atoms with Gasteiger partial charge in [-0.2, -0.15) is 0 Å². The van der Waals surface area contributed by atoms with Crippen LogP contribution in [0.5, 0.6) is 0 Å². The molecule has 3 rings (SSSR count). The molecular formula is C11H11N5O. The number of nitrogen functional groups attached to an aromatic ring is 1. The van der Waals surface area contributed by atoms with Crippen LogP contribution in [0.25, 0.3) is 22.6 Å². The number of anilines is 1. The van der Waals surface area contributed by atoms with Crippen molar-refractivity contribution in [2.45, 2.75) is 13.8 Å². The number of aromatic amines is 1. The summed E-state index contributed by atoms with van der Waals surface area (Å²) >= 11 is 0. The van der Waals surface area contributed by atoms with Crippen LogP contribution in [0.1, 0.15) is 11.1 Å². The smallest absolute Gasteiger partial charge is 0.186 e. The molecule has 0 atom stereocenters. The molecule has 0 aromatic carbocycles. The molecule has 6 heteroatoms. The number of aromatic nitrogens is 4. The summed E-state index contributed by atoms with van der Waals surface area (Å²) < 4.78 is 4.88. The monoisotopic (exact) mass is 229 g/mol. The normalized spacial score (nSPS) is 11.2. The number of hydrogen-bond donors (Lipinski definition) is 2. The lowest BCUT2D eigenvalue weighted by atomic mass is 10.2. The predicted molar refractivity (Wildman–Crippen MR) is 63.3 cm³/mol. The highest BCUT2D eigenvalue weighted by Gasteiger charge is 2.14. The zero-order chi connectivity index (χ0) is 12.0. The minimum Gasteiger partial charge on any atom is -0.383 e.